The van der Waals surface area contributed by atoms with E-state index in [4.69, 9.17) is 4.74 Å². The molecule has 0 saturated heterocycles. The lowest BCUT2D eigenvalue weighted by atomic mass is 10.1. The third-order valence-corrected chi connectivity index (χ3v) is 4.96. The summed E-state index contributed by atoms with van der Waals surface area (Å²) in [5, 5.41) is 3.84. The molecule has 30 heavy (non-hydrogen) atoms. The zero-order valence-electron chi connectivity index (χ0n) is 16.1. The summed E-state index contributed by atoms with van der Waals surface area (Å²) in [4.78, 5) is 25.2. The zero-order valence-corrected chi connectivity index (χ0v) is 16.1. The van der Waals surface area contributed by atoms with Gasteiger partial charge in [0.05, 0.1) is 11.6 Å². The maximum atomic E-state index is 12.7. The Morgan fingerprint density at radius 1 is 1.20 bits per heavy atom. The van der Waals surface area contributed by atoms with Crippen molar-refractivity contribution < 1.29 is 22.7 Å². The number of halogens is 3. The van der Waals surface area contributed by atoms with E-state index in [9.17, 15) is 18.0 Å². The SMILES string of the molecule is C[C@@H](NC(=O)[C@@H]1C[C@H]1c1ccc2ccccc2n1)c1nccnc1OCC(F)(F)F. The molecular weight excluding hydrogens is 397 g/mol. The van der Waals surface area contributed by atoms with Crippen molar-refractivity contribution in [2.75, 3.05) is 6.61 Å². The summed E-state index contributed by atoms with van der Waals surface area (Å²) in [6.45, 7) is 0.158. The highest BCUT2D eigenvalue weighted by Crippen LogP contribution is 2.47. The van der Waals surface area contributed by atoms with Crippen molar-refractivity contribution in [1.82, 2.24) is 20.3 Å². The fourth-order valence-electron chi connectivity index (χ4n) is 3.38. The van der Waals surface area contributed by atoms with Crippen LogP contribution in [0.5, 0.6) is 5.88 Å². The molecule has 1 aliphatic carbocycles. The number of carbonyl (C=O) groups is 1. The molecule has 6 nitrogen and oxygen atoms in total. The van der Waals surface area contributed by atoms with Crippen LogP contribution in [-0.4, -0.2) is 33.6 Å². The minimum absolute atomic E-state index is 0.0182. The number of amides is 1. The fraction of sp³-hybridized carbons (Fsp3) is 0.333. The van der Waals surface area contributed by atoms with Gasteiger partial charge in [0.25, 0.3) is 0 Å². The number of para-hydroxylation sites is 1. The first kappa shape index (κ1) is 20.1. The molecule has 3 aromatic rings. The van der Waals surface area contributed by atoms with E-state index < -0.39 is 18.8 Å². The second-order valence-corrected chi connectivity index (χ2v) is 7.26. The number of ether oxygens (including phenoxy) is 1. The summed E-state index contributed by atoms with van der Waals surface area (Å²) >= 11 is 0. The van der Waals surface area contributed by atoms with Crippen LogP contribution in [0.2, 0.25) is 0 Å². The molecule has 1 N–H and O–H groups in total. The summed E-state index contributed by atoms with van der Waals surface area (Å²) in [5.41, 5.74) is 1.88. The average Bonchev–Trinajstić information content (AvgIpc) is 3.52. The molecule has 3 atom stereocenters. The molecule has 2 aromatic heterocycles. The highest BCUT2D eigenvalue weighted by atomic mass is 19.4. The largest absolute Gasteiger partial charge is 0.467 e. The molecule has 0 bridgehead atoms. The van der Waals surface area contributed by atoms with Crippen LogP contribution in [0.15, 0.2) is 48.8 Å². The van der Waals surface area contributed by atoms with Gasteiger partial charge in [0.2, 0.25) is 11.8 Å². The molecule has 1 saturated carbocycles. The van der Waals surface area contributed by atoms with E-state index >= 15 is 0 Å². The Kier molecular flexibility index (Phi) is 5.27. The molecule has 2 heterocycles. The van der Waals surface area contributed by atoms with Crippen molar-refractivity contribution in [1.29, 1.82) is 0 Å². The molecule has 1 fully saturated rings. The van der Waals surface area contributed by atoms with Gasteiger partial charge in [0.15, 0.2) is 6.61 Å². The Bertz CT molecular complexity index is 1070. The number of alkyl halides is 3. The van der Waals surface area contributed by atoms with Crippen LogP contribution in [0, 0.1) is 5.92 Å². The Morgan fingerprint density at radius 2 is 1.97 bits per heavy atom. The first-order valence-corrected chi connectivity index (χ1v) is 9.48. The first-order chi connectivity index (χ1) is 14.3. The Labute approximate surface area is 170 Å². The number of hydrogen-bond donors (Lipinski definition) is 1. The van der Waals surface area contributed by atoms with Gasteiger partial charge in [-0.25, -0.2) is 4.98 Å². The predicted octanol–water partition coefficient (Wildman–Crippen LogP) is 3.95. The van der Waals surface area contributed by atoms with Crippen molar-refractivity contribution in [3.8, 4) is 5.88 Å². The minimum Gasteiger partial charge on any atom is -0.467 e. The van der Waals surface area contributed by atoms with E-state index in [1.54, 1.807) is 6.92 Å². The normalized spacial score (nSPS) is 19.3. The van der Waals surface area contributed by atoms with Crippen molar-refractivity contribution in [3.05, 3.63) is 60.2 Å². The lowest BCUT2D eigenvalue weighted by molar-refractivity contribution is -0.154. The predicted molar refractivity (Wildman–Crippen MR) is 103 cm³/mol. The van der Waals surface area contributed by atoms with Gasteiger partial charge in [-0.05, 0) is 25.5 Å². The molecule has 1 aromatic carbocycles. The van der Waals surface area contributed by atoms with Crippen molar-refractivity contribution in [2.24, 2.45) is 5.92 Å². The zero-order chi connectivity index (χ0) is 21.3. The number of rotatable bonds is 6. The molecule has 0 aliphatic heterocycles. The van der Waals surface area contributed by atoms with Crippen LogP contribution in [0.3, 0.4) is 0 Å². The summed E-state index contributed by atoms with van der Waals surface area (Å²) < 4.78 is 42.1. The van der Waals surface area contributed by atoms with Gasteiger partial charge in [-0.15, -0.1) is 0 Å². The Balaban J connectivity index is 1.41. The number of nitrogens with one attached hydrogen (secondary N) is 1. The maximum absolute atomic E-state index is 12.7. The smallest absolute Gasteiger partial charge is 0.422 e. The lowest BCUT2D eigenvalue weighted by Gasteiger charge is -2.17. The van der Waals surface area contributed by atoms with Gasteiger partial charge in [-0.1, -0.05) is 24.3 Å². The van der Waals surface area contributed by atoms with E-state index in [-0.39, 0.29) is 29.3 Å². The van der Waals surface area contributed by atoms with Gasteiger partial charge in [-0.3, -0.25) is 14.8 Å². The summed E-state index contributed by atoms with van der Waals surface area (Å²) in [5.74, 6) is -0.664. The number of nitrogens with zero attached hydrogens (tertiary/aromatic N) is 3. The van der Waals surface area contributed by atoms with Crippen molar-refractivity contribution in [2.45, 2.75) is 31.5 Å². The third-order valence-electron chi connectivity index (χ3n) is 4.96. The fourth-order valence-corrected chi connectivity index (χ4v) is 3.38. The number of fused-ring (bicyclic) bond motifs is 1. The quantitative estimate of drug-likeness (QED) is 0.659. The van der Waals surface area contributed by atoms with Crippen LogP contribution >= 0.6 is 0 Å². The monoisotopic (exact) mass is 416 g/mol. The topological polar surface area (TPSA) is 77.0 Å². The minimum atomic E-state index is -4.49. The number of pyridine rings is 1. The number of aromatic nitrogens is 3. The van der Waals surface area contributed by atoms with Crippen LogP contribution in [-0.2, 0) is 4.79 Å². The first-order valence-electron chi connectivity index (χ1n) is 9.48. The van der Waals surface area contributed by atoms with Crippen LogP contribution in [0.4, 0.5) is 13.2 Å². The maximum Gasteiger partial charge on any atom is 0.422 e. The van der Waals surface area contributed by atoms with Gasteiger partial charge in [0, 0.05) is 35.3 Å². The molecule has 1 amide bonds. The molecule has 4 rings (SSSR count). The molecule has 0 spiro atoms. The molecule has 9 heteroatoms. The standard InChI is InChI=1S/C21H19F3N4O2/c1-12(18-20(26-9-8-25-18)30-11-21(22,23)24)27-19(29)15-10-14(15)17-7-6-13-4-2-3-5-16(13)28-17/h2-9,12,14-15H,10-11H2,1H3,(H,27,29)/t12-,14-,15-/m1/s1. The van der Waals surface area contributed by atoms with Crippen molar-refractivity contribution in [3.63, 3.8) is 0 Å². The van der Waals surface area contributed by atoms with Crippen LogP contribution < -0.4 is 10.1 Å². The van der Waals surface area contributed by atoms with Crippen LogP contribution in [0.25, 0.3) is 10.9 Å². The van der Waals surface area contributed by atoms with Gasteiger partial charge < -0.3 is 10.1 Å². The second-order valence-electron chi connectivity index (χ2n) is 7.26. The average molecular weight is 416 g/mol. The Morgan fingerprint density at radius 3 is 2.77 bits per heavy atom. The van der Waals surface area contributed by atoms with E-state index in [0.717, 1.165) is 16.6 Å². The highest BCUT2D eigenvalue weighted by Gasteiger charge is 2.45. The molecule has 1 aliphatic rings. The Hall–Kier alpha value is -3.23. The molecule has 0 radical (unpaired) electrons. The molecular formula is C21H19F3N4O2. The number of hydrogen-bond acceptors (Lipinski definition) is 5. The van der Waals surface area contributed by atoms with Gasteiger partial charge in [-0.2, -0.15) is 13.2 Å². The van der Waals surface area contributed by atoms with Gasteiger partial charge >= 0.3 is 6.18 Å². The second kappa shape index (κ2) is 7.89. The van der Waals surface area contributed by atoms with E-state index in [1.165, 1.54) is 12.4 Å². The van der Waals surface area contributed by atoms with E-state index in [0.29, 0.717) is 6.42 Å². The third kappa shape index (κ3) is 4.50. The lowest BCUT2D eigenvalue weighted by Crippen LogP contribution is -2.30. The number of benzene rings is 1. The number of carbonyl (C=O) groups excluding carboxylic acids is 1. The van der Waals surface area contributed by atoms with E-state index in [1.807, 2.05) is 36.4 Å². The summed E-state index contributed by atoms with van der Waals surface area (Å²) in [7, 11) is 0. The summed E-state index contributed by atoms with van der Waals surface area (Å²) in [6, 6.07) is 11.0. The van der Waals surface area contributed by atoms with Crippen LogP contribution in [0.1, 0.15) is 36.7 Å². The van der Waals surface area contributed by atoms with Gasteiger partial charge in [0.1, 0.15) is 5.69 Å². The summed E-state index contributed by atoms with van der Waals surface area (Å²) in [6.07, 6.45) is -1.24. The van der Waals surface area contributed by atoms with E-state index in [2.05, 4.69) is 20.3 Å². The molecule has 156 valence electrons. The highest BCUT2D eigenvalue weighted by molar-refractivity contribution is 5.84. The molecule has 0 unspecified atom stereocenters. The van der Waals surface area contributed by atoms with Crippen molar-refractivity contribution >= 4 is 16.8 Å².